The van der Waals surface area contributed by atoms with E-state index in [-0.39, 0.29) is 17.2 Å². The lowest BCUT2D eigenvalue weighted by Gasteiger charge is -2.00. The number of nitrogens with one attached hydrogen (secondary N) is 1. The summed E-state index contributed by atoms with van der Waals surface area (Å²) in [6.07, 6.45) is 0.138. The van der Waals surface area contributed by atoms with Gasteiger partial charge in [0.15, 0.2) is 0 Å². The van der Waals surface area contributed by atoms with Crippen LogP contribution in [0, 0.1) is 11.3 Å². The maximum Gasteiger partial charge on any atom is 0.250 e. The van der Waals surface area contributed by atoms with Crippen molar-refractivity contribution in [2.45, 2.75) is 10.6 Å². The highest BCUT2D eigenvalue weighted by atomic mass is 79.9. The Kier molecular flexibility index (Phi) is 4.55. The second kappa shape index (κ2) is 5.27. The molecule has 1 aromatic heterocycles. The molecular weight excluding hydrogens is 324 g/mol. The number of sulfonamides is 1. The fourth-order valence-corrected chi connectivity index (χ4v) is 4.25. The van der Waals surface area contributed by atoms with Crippen molar-refractivity contribution in [3.63, 3.8) is 0 Å². The molecule has 0 amide bonds. The van der Waals surface area contributed by atoms with Gasteiger partial charge in [-0.2, -0.15) is 5.26 Å². The number of halogens is 2. The van der Waals surface area contributed by atoms with Crippen molar-refractivity contribution in [2.75, 3.05) is 6.54 Å². The van der Waals surface area contributed by atoms with Gasteiger partial charge in [0.1, 0.15) is 4.21 Å². The van der Waals surface area contributed by atoms with Crippen LogP contribution < -0.4 is 4.72 Å². The van der Waals surface area contributed by atoms with Crippen LogP contribution in [0.4, 0.5) is 0 Å². The van der Waals surface area contributed by atoms with Gasteiger partial charge >= 0.3 is 0 Å². The molecule has 0 aliphatic rings. The van der Waals surface area contributed by atoms with Gasteiger partial charge < -0.3 is 0 Å². The molecule has 4 nitrogen and oxygen atoms in total. The predicted molar refractivity (Wildman–Crippen MR) is 62.4 cm³/mol. The van der Waals surface area contributed by atoms with Gasteiger partial charge in [-0.05, 0) is 22.0 Å². The average molecular weight is 330 g/mol. The van der Waals surface area contributed by atoms with E-state index in [9.17, 15) is 8.42 Å². The Labute approximate surface area is 105 Å². The van der Waals surface area contributed by atoms with Gasteiger partial charge in [-0.25, -0.2) is 13.1 Å². The van der Waals surface area contributed by atoms with Gasteiger partial charge in [0, 0.05) is 13.0 Å². The molecule has 0 unspecified atom stereocenters. The zero-order chi connectivity index (χ0) is 11.5. The molecule has 15 heavy (non-hydrogen) atoms. The standard InChI is InChI=1S/C7H6BrClN2O2S2/c8-7-5(9)4-6(14-7)15(12,13)11-3-1-2-10/h4,11H,1,3H2. The maximum absolute atomic E-state index is 11.6. The first-order chi connectivity index (χ1) is 6.97. The molecule has 0 radical (unpaired) electrons. The Morgan fingerprint density at radius 3 is 2.80 bits per heavy atom. The van der Waals surface area contributed by atoms with E-state index in [1.54, 1.807) is 0 Å². The molecule has 0 aromatic carbocycles. The summed E-state index contributed by atoms with van der Waals surface area (Å²) >= 11 is 9.88. The number of nitriles is 1. The minimum absolute atomic E-state index is 0.103. The molecule has 8 heteroatoms. The van der Waals surface area contributed by atoms with E-state index in [4.69, 9.17) is 16.9 Å². The van der Waals surface area contributed by atoms with Crippen LogP contribution in [-0.2, 0) is 10.0 Å². The second-order valence-electron chi connectivity index (χ2n) is 2.49. The lowest BCUT2D eigenvalue weighted by atomic mass is 10.5. The van der Waals surface area contributed by atoms with Crippen molar-refractivity contribution in [1.29, 1.82) is 5.26 Å². The van der Waals surface area contributed by atoms with Crippen LogP contribution in [0.25, 0.3) is 0 Å². The molecule has 1 N–H and O–H groups in total. The van der Waals surface area contributed by atoms with Crippen LogP contribution in [-0.4, -0.2) is 15.0 Å². The molecule has 0 aliphatic heterocycles. The van der Waals surface area contributed by atoms with Crippen molar-refractivity contribution >= 4 is 48.9 Å². The maximum atomic E-state index is 11.6. The van der Waals surface area contributed by atoms with Crippen LogP contribution in [0.15, 0.2) is 14.1 Å². The average Bonchev–Trinajstić information content (AvgIpc) is 2.48. The molecular formula is C7H6BrClN2O2S2. The highest BCUT2D eigenvalue weighted by Gasteiger charge is 2.18. The number of nitrogens with zero attached hydrogens (tertiary/aromatic N) is 1. The van der Waals surface area contributed by atoms with Crippen LogP contribution in [0.3, 0.4) is 0 Å². The van der Waals surface area contributed by atoms with Crippen LogP contribution in [0.2, 0.25) is 5.02 Å². The van der Waals surface area contributed by atoms with E-state index in [0.717, 1.165) is 11.3 Å². The third kappa shape index (κ3) is 3.43. The van der Waals surface area contributed by atoms with E-state index < -0.39 is 10.0 Å². The van der Waals surface area contributed by atoms with Gasteiger partial charge in [-0.15, -0.1) is 11.3 Å². The van der Waals surface area contributed by atoms with Crippen molar-refractivity contribution < 1.29 is 8.42 Å². The third-order valence-corrected chi connectivity index (χ3v) is 5.83. The highest BCUT2D eigenvalue weighted by Crippen LogP contribution is 2.34. The van der Waals surface area contributed by atoms with Crippen molar-refractivity contribution in [2.24, 2.45) is 0 Å². The predicted octanol–water partition coefficient (Wildman–Crippen LogP) is 2.36. The van der Waals surface area contributed by atoms with Crippen LogP contribution in [0.5, 0.6) is 0 Å². The van der Waals surface area contributed by atoms with Gasteiger partial charge in [-0.1, -0.05) is 11.6 Å². The molecule has 0 fully saturated rings. The largest absolute Gasteiger partial charge is 0.250 e. The van der Waals surface area contributed by atoms with E-state index in [1.165, 1.54) is 6.07 Å². The minimum Gasteiger partial charge on any atom is -0.209 e. The molecule has 82 valence electrons. The molecule has 0 saturated heterocycles. The lowest BCUT2D eigenvalue weighted by molar-refractivity contribution is 0.584. The molecule has 0 aliphatic carbocycles. The van der Waals surface area contributed by atoms with E-state index in [1.807, 2.05) is 6.07 Å². The fraction of sp³-hybridized carbons (Fsp3) is 0.286. The van der Waals surface area contributed by atoms with Crippen molar-refractivity contribution in [3.8, 4) is 6.07 Å². The first kappa shape index (κ1) is 12.9. The summed E-state index contributed by atoms with van der Waals surface area (Å²) in [6.45, 7) is 0.103. The molecule has 0 atom stereocenters. The zero-order valence-corrected chi connectivity index (χ0v) is 11.3. The molecule has 0 saturated carbocycles. The van der Waals surface area contributed by atoms with Crippen molar-refractivity contribution in [1.82, 2.24) is 4.72 Å². The molecule has 1 aromatic rings. The normalized spacial score (nSPS) is 11.3. The number of hydrogen-bond acceptors (Lipinski definition) is 4. The highest BCUT2D eigenvalue weighted by molar-refractivity contribution is 9.11. The number of thiophene rings is 1. The van der Waals surface area contributed by atoms with Gasteiger partial charge in [0.05, 0.1) is 14.9 Å². The lowest BCUT2D eigenvalue weighted by Crippen LogP contribution is -2.23. The third-order valence-electron chi connectivity index (χ3n) is 1.42. The summed E-state index contributed by atoms with van der Waals surface area (Å²) in [4.78, 5) is 0. The Morgan fingerprint density at radius 1 is 1.67 bits per heavy atom. The first-order valence-corrected chi connectivity index (χ1v) is 7.26. The van der Waals surface area contributed by atoms with Crippen LogP contribution >= 0.6 is 38.9 Å². The number of hydrogen-bond donors (Lipinski definition) is 1. The van der Waals surface area contributed by atoms with E-state index in [2.05, 4.69) is 20.7 Å². The van der Waals surface area contributed by atoms with E-state index >= 15 is 0 Å². The second-order valence-corrected chi connectivity index (χ2v) is 7.26. The minimum atomic E-state index is -3.53. The monoisotopic (exact) mass is 328 g/mol. The molecule has 1 heterocycles. The van der Waals surface area contributed by atoms with Gasteiger partial charge in [0.2, 0.25) is 10.0 Å². The smallest absolute Gasteiger partial charge is 0.209 e. The fourth-order valence-electron chi connectivity index (χ4n) is 0.772. The Bertz CT molecular complexity index is 472. The topological polar surface area (TPSA) is 70.0 Å². The quantitative estimate of drug-likeness (QED) is 0.862. The SMILES string of the molecule is N#CCCNS(=O)(=O)c1cc(Cl)c(Br)s1. The molecule has 1 rings (SSSR count). The Hall–Kier alpha value is -0.130. The van der Waals surface area contributed by atoms with Crippen molar-refractivity contribution in [3.05, 3.63) is 14.9 Å². The summed E-state index contributed by atoms with van der Waals surface area (Å²) in [5, 5.41) is 8.63. The molecule has 0 bridgehead atoms. The molecule has 0 spiro atoms. The summed E-state index contributed by atoms with van der Waals surface area (Å²) in [6, 6.07) is 3.22. The summed E-state index contributed by atoms with van der Waals surface area (Å²) in [5.41, 5.74) is 0. The summed E-state index contributed by atoms with van der Waals surface area (Å²) < 4.78 is 26.2. The van der Waals surface area contributed by atoms with Gasteiger partial charge in [-0.3, -0.25) is 0 Å². The Balaban J connectivity index is 2.83. The van der Waals surface area contributed by atoms with Crippen LogP contribution in [0.1, 0.15) is 6.42 Å². The zero-order valence-electron chi connectivity index (χ0n) is 7.33. The number of rotatable bonds is 4. The van der Waals surface area contributed by atoms with Gasteiger partial charge in [0.25, 0.3) is 0 Å². The van der Waals surface area contributed by atoms with E-state index in [0.29, 0.717) is 8.81 Å². The summed E-state index contributed by atoms with van der Waals surface area (Å²) in [5.74, 6) is 0. The summed E-state index contributed by atoms with van der Waals surface area (Å²) in [7, 11) is -3.53. The Morgan fingerprint density at radius 2 is 2.33 bits per heavy atom. The first-order valence-electron chi connectivity index (χ1n) is 3.79.